The van der Waals surface area contributed by atoms with Gasteiger partial charge in [-0.25, -0.2) is 16.8 Å². The van der Waals surface area contributed by atoms with E-state index >= 15 is 0 Å². The summed E-state index contributed by atoms with van der Waals surface area (Å²) >= 11 is 5.86. The number of nitrogens with zero attached hydrogens (tertiary/aromatic N) is 1. The lowest BCUT2D eigenvalue weighted by molar-refractivity contribution is 0.546. The highest BCUT2D eigenvalue weighted by Crippen LogP contribution is 2.33. The Balaban J connectivity index is 2.38. The van der Waals surface area contributed by atoms with Gasteiger partial charge in [0.05, 0.1) is 10.4 Å². The molecule has 0 atom stereocenters. The third-order valence-electron chi connectivity index (χ3n) is 3.84. The van der Waals surface area contributed by atoms with Crippen molar-refractivity contribution in [1.82, 2.24) is 3.97 Å². The molecule has 0 radical (unpaired) electrons. The van der Waals surface area contributed by atoms with Crippen LogP contribution in [0.5, 0.6) is 0 Å². The molecule has 6 heteroatoms. The highest BCUT2D eigenvalue weighted by molar-refractivity contribution is 7.90. The summed E-state index contributed by atoms with van der Waals surface area (Å²) in [5.74, 6) is -0.478. The smallest absolute Gasteiger partial charge is 0.237 e. The molecular formula is C18H17ClFNO2S. The van der Waals surface area contributed by atoms with Gasteiger partial charge in [-0.2, -0.15) is 0 Å². The molecule has 0 unspecified atom stereocenters. The molecule has 3 nitrogen and oxygen atoms in total. The lowest BCUT2D eigenvalue weighted by Crippen LogP contribution is -2.23. The van der Waals surface area contributed by atoms with Gasteiger partial charge < -0.3 is 0 Å². The van der Waals surface area contributed by atoms with Gasteiger partial charge in [0.25, 0.3) is 10.0 Å². The molecule has 0 bridgehead atoms. The summed E-state index contributed by atoms with van der Waals surface area (Å²) in [6.45, 7) is 5.77. The Kier molecular flexibility index (Phi) is 3.97. The van der Waals surface area contributed by atoms with Crippen molar-refractivity contribution in [3.8, 4) is 0 Å². The predicted octanol–water partition coefficient (Wildman–Crippen LogP) is 4.97. The Hall–Kier alpha value is -1.85. The van der Waals surface area contributed by atoms with E-state index in [1.807, 2.05) is 20.8 Å². The molecule has 0 aliphatic rings. The molecule has 0 spiro atoms. The molecular weight excluding hydrogens is 349 g/mol. The van der Waals surface area contributed by atoms with Crippen LogP contribution in [0, 0.1) is 5.82 Å². The van der Waals surface area contributed by atoms with Crippen molar-refractivity contribution in [3.05, 3.63) is 65.1 Å². The first-order valence-electron chi connectivity index (χ1n) is 7.43. The number of rotatable bonds is 2. The Labute approximate surface area is 145 Å². The van der Waals surface area contributed by atoms with E-state index in [-0.39, 0.29) is 4.90 Å². The van der Waals surface area contributed by atoms with Gasteiger partial charge >= 0.3 is 0 Å². The molecule has 0 aliphatic heterocycles. The van der Waals surface area contributed by atoms with Crippen molar-refractivity contribution in [2.24, 2.45) is 0 Å². The molecule has 0 N–H and O–H groups in total. The minimum absolute atomic E-state index is 0.110. The predicted molar refractivity (Wildman–Crippen MR) is 94.6 cm³/mol. The molecule has 0 saturated heterocycles. The first kappa shape index (κ1) is 17.0. The molecule has 24 heavy (non-hydrogen) atoms. The summed E-state index contributed by atoms with van der Waals surface area (Å²) in [7, 11) is -3.88. The van der Waals surface area contributed by atoms with Crippen molar-refractivity contribution in [2.75, 3.05) is 0 Å². The van der Waals surface area contributed by atoms with Crippen molar-refractivity contribution < 1.29 is 12.8 Å². The van der Waals surface area contributed by atoms with Gasteiger partial charge in [-0.15, -0.1) is 0 Å². The number of halogens is 2. The van der Waals surface area contributed by atoms with E-state index in [0.29, 0.717) is 21.6 Å². The van der Waals surface area contributed by atoms with Gasteiger partial charge in [0, 0.05) is 21.5 Å². The Morgan fingerprint density at radius 1 is 1.00 bits per heavy atom. The van der Waals surface area contributed by atoms with Crippen molar-refractivity contribution >= 4 is 32.5 Å². The zero-order valence-electron chi connectivity index (χ0n) is 13.5. The third-order valence-corrected chi connectivity index (χ3v) is 5.84. The second-order valence-electron chi connectivity index (χ2n) is 6.71. The summed E-state index contributed by atoms with van der Waals surface area (Å²) in [5.41, 5.74) is 0.488. The molecule has 126 valence electrons. The van der Waals surface area contributed by atoms with Gasteiger partial charge in [0.2, 0.25) is 0 Å². The van der Waals surface area contributed by atoms with Gasteiger partial charge in [0.1, 0.15) is 5.82 Å². The van der Waals surface area contributed by atoms with Crippen molar-refractivity contribution in [2.45, 2.75) is 31.1 Å². The van der Waals surface area contributed by atoms with E-state index in [2.05, 4.69) is 0 Å². The highest BCUT2D eigenvalue weighted by atomic mass is 35.5. The van der Waals surface area contributed by atoms with E-state index in [4.69, 9.17) is 11.6 Å². The first-order chi connectivity index (χ1) is 11.1. The van der Waals surface area contributed by atoms with Gasteiger partial charge in [-0.05, 0) is 48.5 Å². The second kappa shape index (κ2) is 5.60. The number of fused-ring (bicyclic) bond motifs is 1. The van der Waals surface area contributed by atoms with Crippen LogP contribution in [-0.4, -0.2) is 12.4 Å². The minimum Gasteiger partial charge on any atom is -0.237 e. The SMILES string of the molecule is CC(C)(C)c1cc2ccc(F)cc2n1S(=O)(=O)c1ccc(Cl)cc1. The Morgan fingerprint density at radius 3 is 2.21 bits per heavy atom. The van der Waals surface area contributed by atoms with Crippen LogP contribution < -0.4 is 0 Å². The summed E-state index contributed by atoms with van der Waals surface area (Å²) in [5, 5.41) is 1.13. The van der Waals surface area contributed by atoms with Crippen LogP contribution >= 0.6 is 11.6 Å². The topological polar surface area (TPSA) is 39.1 Å². The zero-order chi connectivity index (χ0) is 17.7. The maximum Gasteiger partial charge on any atom is 0.268 e. The fourth-order valence-electron chi connectivity index (χ4n) is 2.64. The highest BCUT2D eigenvalue weighted by Gasteiger charge is 2.29. The molecule has 0 amide bonds. The average Bonchev–Trinajstić information content (AvgIpc) is 2.87. The van der Waals surface area contributed by atoms with Crippen LogP contribution in [-0.2, 0) is 15.4 Å². The van der Waals surface area contributed by atoms with Crippen LogP contribution in [0.15, 0.2) is 53.4 Å². The lowest BCUT2D eigenvalue weighted by atomic mass is 9.92. The van der Waals surface area contributed by atoms with E-state index in [9.17, 15) is 12.8 Å². The Morgan fingerprint density at radius 2 is 1.62 bits per heavy atom. The molecule has 1 aromatic heterocycles. The zero-order valence-corrected chi connectivity index (χ0v) is 15.1. The summed E-state index contributed by atoms with van der Waals surface area (Å²) in [6.07, 6.45) is 0. The number of hydrogen-bond donors (Lipinski definition) is 0. The van der Waals surface area contributed by atoms with E-state index in [0.717, 1.165) is 0 Å². The van der Waals surface area contributed by atoms with Crippen LogP contribution in [0.4, 0.5) is 4.39 Å². The quantitative estimate of drug-likeness (QED) is 0.643. The Bertz CT molecular complexity index is 1020. The number of hydrogen-bond acceptors (Lipinski definition) is 2. The fraction of sp³-hybridized carbons (Fsp3) is 0.222. The van der Waals surface area contributed by atoms with E-state index < -0.39 is 21.3 Å². The maximum atomic E-state index is 13.7. The van der Waals surface area contributed by atoms with Crippen LogP contribution in [0.2, 0.25) is 5.02 Å². The second-order valence-corrected chi connectivity index (χ2v) is 8.93. The van der Waals surface area contributed by atoms with Crippen molar-refractivity contribution in [1.29, 1.82) is 0 Å². The number of benzene rings is 2. The molecule has 0 aliphatic carbocycles. The minimum atomic E-state index is -3.88. The molecule has 3 rings (SSSR count). The number of aromatic nitrogens is 1. The van der Waals surface area contributed by atoms with Crippen LogP contribution in [0.25, 0.3) is 10.9 Å². The largest absolute Gasteiger partial charge is 0.268 e. The fourth-order valence-corrected chi connectivity index (χ4v) is 4.46. The molecule has 1 heterocycles. The average molecular weight is 366 g/mol. The third kappa shape index (κ3) is 2.82. The normalized spacial score (nSPS) is 12.7. The standard InChI is InChI=1S/C18H17ClFNO2S/c1-18(2,3)17-10-12-4-7-14(20)11-16(12)21(17)24(22,23)15-8-5-13(19)6-9-15/h4-11H,1-3H3. The monoisotopic (exact) mass is 365 g/mol. The van der Waals surface area contributed by atoms with E-state index in [1.165, 1.54) is 40.4 Å². The van der Waals surface area contributed by atoms with Gasteiger partial charge in [0.15, 0.2) is 0 Å². The van der Waals surface area contributed by atoms with E-state index in [1.54, 1.807) is 12.1 Å². The molecule has 2 aromatic carbocycles. The van der Waals surface area contributed by atoms with Crippen LogP contribution in [0.3, 0.4) is 0 Å². The van der Waals surface area contributed by atoms with Gasteiger partial charge in [-0.1, -0.05) is 32.4 Å². The van der Waals surface area contributed by atoms with Gasteiger partial charge in [-0.3, -0.25) is 0 Å². The summed E-state index contributed by atoms with van der Waals surface area (Å²) < 4.78 is 41.4. The van der Waals surface area contributed by atoms with Crippen LogP contribution in [0.1, 0.15) is 26.5 Å². The molecule has 3 aromatic rings. The lowest BCUT2D eigenvalue weighted by Gasteiger charge is -2.22. The van der Waals surface area contributed by atoms with Crippen molar-refractivity contribution in [3.63, 3.8) is 0 Å². The maximum absolute atomic E-state index is 13.7. The molecule has 0 saturated carbocycles. The molecule has 0 fully saturated rings. The summed E-state index contributed by atoms with van der Waals surface area (Å²) in [6, 6.07) is 11.9. The first-order valence-corrected chi connectivity index (χ1v) is 9.25. The summed E-state index contributed by atoms with van der Waals surface area (Å²) in [4.78, 5) is 0.110.